The number of anilines is 1. The minimum atomic E-state index is -2.85. The van der Waals surface area contributed by atoms with Gasteiger partial charge in [0.1, 0.15) is 5.75 Å². The van der Waals surface area contributed by atoms with Gasteiger partial charge in [0.15, 0.2) is 0 Å². The zero-order valence-electron chi connectivity index (χ0n) is 11.7. The second kappa shape index (κ2) is 7.56. The zero-order chi connectivity index (χ0) is 14.6. The normalized spacial score (nSPS) is 21.5. The quantitative estimate of drug-likeness (QED) is 0.896. The number of alkyl halides is 2. The van der Waals surface area contributed by atoms with E-state index in [4.69, 9.17) is 0 Å². The van der Waals surface area contributed by atoms with E-state index in [1.807, 2.05) is 6.92 Å². The number of benzene rings is 1. The Bertz CT molecular complexity index is 463. The van der Waals surface area contributed by atoms with Gasteiger partial charge < -0.3 is 15.4 Å². The lowest BCUT2D eigenvalue weighted by Crippen LogP contribution is -2.54. The molecule has 0 saturated carbocycles. The van der Waals surface area contributed by atoms with Crippen LogP contribution in [0.5, 0.6) is 5.75 Å². The highest BCUT2D eigenvalue weighted by Crippen LogP contribution is 2.22. The van der Waals surface area contributed by atoms with Crippen LogP contribution in [0.4, 0.5) is 14.5 Å². The van der Waals surface area contributed by atoms with Crippen molar-refractivity contribution in [2.45, 2.75) is 38.3 Å². The van der Waals surface area contributed by atoms with Crippen LogP contribution >= 0.6 is 12.4 Å². The van der Waals surface area contributed by atoms with Crippen LogP contribution in [0.3, 0.4) is 0 Å². The molecule has 1 aliphatic rings. The van der Waals surface area contributed by atoms with Crippen molar-refractivity contribution < 1.29 is 18.3 Å². The van der Waals surface area contributed by atoms with Gasteiger partial charge in [0, 0.05) is 5.69 Å². The summed E-state index contributed by atoms with van der Waals surface area (Å²) < 4.78 is 28.3. The summed E-state index contributed by atoms with van der Waals surface area (Å²) in [7, 11) is 0. The average molecular weight is 321 g/mol. The topological polar surface area (TPSA) is 50.4 Å². The third-order valence-electron chi connectivity index (χ3n) is 3.46. The Labute approximate surface area is 128 Å². The minimum Gasteiger partial charge on any atom is -0.435 e. The van der Waals surface area contributed by atoms with Gasteiger partial charge in [0.25, 0.3) is 0 Å². The van der Waals surface area contributed by atoms with Gasteiger partial charge in [0.05, 0.1) is 5.54 Å². The molecule has 0 radical (unpaired) electrons. The Morgan fingerprint density at radius 1 is 1.33 bits per heavy atom. The standard InChI is InChI=1S/C14H18F2N2O2.ClH/c1-14(8-2-3-9-17-14)12(19)18-10-4-6-11(7-5-10)20-13(15)16;/h4-7,13,17H,2-3,8-9H2,1H3,(H,18,19);1H. The molecule has 1 atom stereocenters. The summed E-state index contributed by atoms with van der Waals surface area (Å²) in [6.07, 6.45) is 2.87. The molecular weight excluding hydrogens is 302 g/mol. The van der Waals surface area contributed by atoms with Crippen molar-refractivity contribution in [1.29, 1.82) is 0 Å². The van der Waals surface area contributed by atoms with Gasteiger partial charge in [-0.3, -0.25) is 4.79 Å². The van der Waals surface area contributed by atoms with Crippen LogP contribution in [0.1, 0.15) is 26.2 Å². The maximum absolute atomic E-state index is 12.2. The first-order valence-corrected chi connectivity index (χ1v) is 6.61. The molecule has 21 heavy (non-hydrogen) atoms. The first-order chi connectivity index (χ1) is 9.49. The Balaban J connectivity index is 0.00000220. The predicted molar refractivity (Wildman–Crippen MR) is 79.2 cm³/mol. The van der Waals surface area contributed by atoms with Crippen LogP contribution in [0.15, 0.2) is 24.3 Å². The number of piperidine rings is 1. The minimum absolute atomic E-state index is 0. The van der Waals surface area contributed by atoms with E-state index < -0.39 is 12.2 Å². The van der Waals surface area contributed by atoms with E-state index >= 15 is 0 Å². The number of amides is 1. The predicted octanol–water partition coefficient (Wildman–Crippen LogP) is 3.18. The molecule has 1 unspecified atom stereocenters. The summed E-state index contributed by atoms with van der Waals surface area (Å²) >= 11 is 0. The summed E-state index contributed by atoms with van der Waals surface area (Å²) in [6.45, 7) is -0.151. The molecule has 2 rings (SSSR count). The molecule has 1 aliphatic heterocycles. The highest BCUT2D eigenvalue weighted by atomic mass is 35.5. The van der Waals surface area contributed by atoms with Crippen LogP contribution in [0.25, 0.3) is 0 Å². The van der Waals surface area contributed by atoms with Crippen molar-refractivity contribution in [3.05, 3.63) is 24.3 Å². The van der Waals surface area contributed by atoms with Crippen molar-refractivity contribution in [3.8, 4) is 5.75 Å². The molecule has 0 spiro atoms. The van der Waals surface area contributed by atoms with Gasteiger partial charge in [-0.15, -0.1) is 12.4 Å². The van der Waals surface area contributed by atoms with E-state index in [0.717, 1.165) is 25.8 Å². The Morgan fingerprint density at radius 3 is 2.52 bits per heavy atom. The van der Waals surface area contributed by atoms with Crippen molar-refractivity contribution in [2.24, 2.45) is 0 Å². The molecular formula is C14H19ClF2N2O2. The number of hydrogen-bond donors (Lipinski definition) is 2. The number of halogens is 3. The van der Waals surface area contributed by atoms with Crippen molar-refractivity contribution >= 4 is 24.0 Å². The Hall–Kier alpha value is -1.40. The van der Waals surface area contributed by atoms with Gasteiger partial charge in [-0.1, -0.05) is 0 Å². The lowest BCUT2D eigenvalue weighted by molar-refractivity contribution is -0.122. The van der Waals surface area contributed by atoms with Crippen LogP contribution < -0.4 is 15.4 Å². The monoisotopic (exact) mass is 320 g/mol. The second-order valence-corrected chi connectivity index (χ2v) is 5.07. The smallest absolute Gasteiger partial charge is 0.387 e. The molecule has 0 aliphatic carbocycles. The van der Waals surface area contributed by atoms with E-state index in [1.165, 1.54) is 12.1 Å². The van der Waals surface area contributed by atoms with Gasteiger partial charge in [0.2, 0.25) is 5.91 Å². The molecule has 118 valence electrons. The third kappa shape index (κ3) is 4.82. The largest absolute Gasteiger partial charge is 0.435 e. The Morgan fingerprint density at radius 2 is 2.00 bits per heavy atom. The summed E-state index contributed by atoms with van der Waals surface area (Å²) in [4.78, 5) is 12.2. The SMILES string of the molecule is CC1(C(=O)Nc2ccc(OC(F)F)cc2)CCCCN1.Cl. The first-order valence-electron chi connectivity index (χ1n) is 6.61. The molecule has 7 heteroatoms. The van der Waals surface area contributed by atoms with Gasteiger partial charge in [-0.05, 0) is 57.0 Å². The van der Waals surface area contributed by atoms with Gasteiger partial charge in [-0.25, -0.2) is 0 Å². The molecule has 1 heterocycles. The lowest BCUT2D eigenvalue weighted by Gasteiger charge is -2.33. The molecule has 2 N–H and O–H groups in total. The lowest BCUT2D eigenvalue weighted by atomic mass is 9.90. The summed E-state index contributed by atoms with van der Waals surface area (Å²) in [5.74, 6) is -0.0419. The van der Waals surface area contributed by atoms with E-state index in [9.17, 15) is 13.6 Å². The molecule has 0 aromatic heterocycles. The molecule has 1 amide bonds. The van der Waals surface area contributed by atoms with Crippen molar-refractivity contribution in [1.82, 2.24) is 5.32 Å². The number of hydrogen-bond acceptors (Lipinski definition) is 3. The number of nitrogens with one attached hydrogen (secondary N) is 2. The van der Waals surface area contributed by atoms with E-state index in [2.05, 4.69) is 15.4 Å². The number of carbonyl (C=O) groups is 1. The highest BCUT2D eigenvalue weighted by Gasteiger charge is 2.34. The summed E-state index contributed by atoms with van der Waals surface area (Å²) in [5.41, 5.74) is -0.0126. The third-order valence-corrected chi connectivity index (χ3v) is 3.46. The highest BCUT2D eigenvalue weighted by molar-refractivity contribution is 5.97. The fourth-order valence-corrected chi connectivity index (χ4v) is 2.24. The zero-order valence-corrected chi connectivity index (χ0v) is 12.5. The maximum Gasteiger partial charge on any atom is 0.387 e. The van der Waals surface area contributed by atoms with Gasteiger partial charge in [-0.2, -0.15) is 8.78 Å². The Kier molecular flexibility index (Phi) is 6.36. The van der Waals surface area contributed by atoms with Crippen LogP contribution in [0, 0.1) is 0 Å². The number of carbonyl (C=O) groups excluding carboxylic acids is 1. The van der Waals surface area contributed by atoms with E-state index in [0.29, 0.717) is 5.69 Å². The fraction of sp³-hybridized carbons (Fsp3) is 0.500. The van der Waals surface area contributed by atoms with Crippen molar-refractivity contribution in [2.75, 3.05) is 11.9 Å². The fourth-order valence-electron chi connectivity index (χ4n) is 2.24. The number of ether oxygens (including phenoxy) is 1. The molecule has 1 fully saturated rings. The second-order valence-electron chi connectivity index (χ2n) is 5.07. The molecule has 1 aromatic rings. The average Bonchev–Trinajstić information content (AvgIpc) is 2.41. The van der Waals surface area contributed by atoms with Crippen LogP contribution in [-0.4, -0.2) is 24.6 Å². The molecule has 4 nitrogen and oxygen atoms in total. The van der Waals surface area contributed by atoms with Crippen molar-refractivity contribution in [3.63, 3.8) is 0 Å². The van der Waals surface area contributed by atoms with Gasteiger partial charge >= 0.3 is 6.61 Å². The molecule has 0 bridgehead atoms. The van der Waals surface area contributed by atoms with Crippen LogP contribution in [0.2, 0.25) is 0 Å². The number of rotatable bonds is 4. The van der Waals surface area contributed by atoms with E-state index in [-0.39, 0.29) is 24.1 Å². The summed E-state index contributed by atoms with van der Waals surface area (Å²) in [6, 6.07) is 5.89. The summed E-state index contributed by atoms with van der Waals surface area (Å²) in [5, 5.41) is 6.01. The molecule has 1 saturated heterocycles. The molecule has 1 aromatic carbocycles. The van der Waals surface area contributed by atoms with E-state index in [1.54, 1.807) is 12.1 Å². The van der Waals surface area contributed by atoms with Crippen LogP contribution in [-0.2, 0) is 4.79 Å². The first kappa shape index (κ1) is 17.7. The maximum atomic E-state index is 12.2.